The number of nitrogens with zero attached hydrogens (tertiary/aromatic N) is 2. The van der Waals surface area contributed by atoms with E-state index >= 15 is 0 Å². The van der Waals surface area contributed by atoms with E-state index in [9.17, 15) is 9.59 Å². The van der Waals surface area contributed by atoms with Crippen molar-refractivity contribution in [1.29, 1.82) is 0 Å². The Kier molecular flexibility index (Phi) is 5.04. The summed E-state index contributed by atoms with van der Waals surface area (Å²) in [4.78, 5) is 30.0. The maximum absolute atomic E-state index is 13.1. The maximum atomic E-state index is 13.1. The zero-order valence-corrected chi connectivity index (χ0v) is 16.2. The van der Waals surface area contributed by atoms with Gasteiger partial charge in [-0.1, -0.05) is 26.0 Å². The Morgan fingerprint density at radius 2 is 2.00 bits per heavy atom. The lowest BCUT2D eigenvalue weighted by molar-refractivity contribution is 0.0674. The van der Waals surface area contributed by atoms with Crippen molar-refractivity contribution >= 4 is 16.9 Å². The summed E-state index contributed by atoms with van der Waals surface area (Å²) in [5.74, 6) is 1.29. The Morgan fingerprint density at radius 3 is 2.74 bits per heavy atom. The first-order chi connectivity index (χ1) is 13.0. The molecule has 4 rings (SSSR count). The number of benzene rings is 1. The number of rotatable bonds is 4. The van der Waals surface area contributed by atoms with E-state index in [1.807, 2.05) is 11.0 Å². The van der Waals surface area contributed by atoms with Crippen LogP contribution in [0.4, 0.5) is 0 Å². The first kappa shape index (κ1) is 18.2. The fourth-order valence-electron chi connectivity index (χ4n) is 4.10. The van der Waals surface area contributed by atoms with Crippen LogP contribution in [0.3, 0.4) is 0 Å². The Bertz CT molecular complexity index is 885. The van der Waals surface area contributed by atoms with Gasteiger partial charge in [0, 0.05) is 38.3 Å². The standard InChI is InChI=1S/C22H28N2O3/c1-15(2)18-14-24(11-5-10-23(18)13-16-8-9-16)22(26)21-12-19(25)17-6-3-4-7-20(17)27-21/h3-4,6-7,12,15-16,18H,5,8-11,13-14H2,1-2H3/t18-/m1/s1. The summed E-state index contributed by atoms with van der Waals surface area (Å²) in [6, 6.07) is 8.79. The molecule has 2 aromatic rings. The third-order valence-electron chi connectivity index (χ3n) is 5.84. The molecule has 5 heteroatoms. The van der Waals surface area contributed by atoms with Gasteiger partial charge in [0.15, 0.2) is 11.2 Å². The predicted molar refractivity (Wildman–Crippen MR) is 106 cm³/mol. The van der Waals surface area contributed by atoms with Crippen LogP contribution in [-0.2, 0) is 0 Å². The van der Waals surface area contributed by atoms with E-state index in [4.69, 9.17) is 4.42 Å². The third kappa shape index (κ3) is 3.93. The molecule has 1 saturated carbocycles. The van der Waals surface area contributed by atoms with Gasteiger partial charge in [0.05, 0.1) is 5.39 Å². The monoisotopic (exact) mass is 368 g/mol. The van der Waals surface area contributed by atoms with Crippen LogP contribution in [0.15, 0.2) is 39.5 Å². The topological polar surface area (TPSA) is 53.8 Å². The van der Waals surface area contributed by atoms with E-state index in [-0.39, 0.29) is 17.1 Å². The van der Waals surface area contributed by atoms with Gasteiger partial charge in [0.25, 0.3) is 5.91 Å². The third-order valence-corrected chi connectivity index (χ3v) is 5.84. The Morgan fingerprint density at radius 1 is 1.22 bits per heavy atom. The zero-order chi connectivity index (χ0) is 19.0. The van der Waals surface area contributed by atoms with E-state index in [0.717, 1.165) is 25.4 Å². The summed E-state index contributed by atoms with van der Waals surface area (Å²) >= 11 is 0. The summed E-state index contributed by atoms with van der Waals surface area (Å²) in [5, 5.41) is 0.514. The minimum atomic E-state index is -0.170. The Balaban J connectivity index is 1.58. The molecule has 1 aromatic carbocycles. The van der Waals surface area contributed by atoms with E-state index in [1.54, 1.807) is 18.2 Å². The van der Waals surface area contributed by atoms with Gasteiger partial charge in [0.1, 0.15) is 5.58 Å². The van der Waals surface area contributed by atoms with Crippen molar-refractivity contribution in [2.45, 2.75) is 39.2 Å². The molecular weight excluding hydrogens is 340 g/mol. The predicted octanol–water partition coefficient (Wildman–Crippen LogP) is 3.38. The number of hydrogen-bond donors (Lipinski definition) is 0. The first-order valence-electron chi connectivity index (χ1n) is 10.1. The molecule has 1 saturated heterocycles. The molecule has 2 aliphatic rings. The molecule has 5 nitrogen and oxygen atoms in total. The van der Waals surface area contributed by atoms with Gasteiger partial charge in [-0.2, -0.15) is 0 Å². The molecule has 1 atom stereocenters. The van der Waals surface area contributed by atoms with Gasteiger partial charge < -0.3 is 9.32 Å². The number of carbonyl (C=O) groups excluding carboxylic acids is 1. The highest BCUT2D eigenvalue weighted by atomic mass is 16.3. The molecule has 1 aliphatic heterocycles. The molecular formula is C22H28N2O3. The van der Waals surface area contributed by atoms with Crippen LogP contribution in [0.5, 0.6) is 0 Å². The Hall–Kier alpha value is -2.14. The normalized spacial score (nSPS) is 21.6. The van der Waals surface area contributed by atoms with E-state index in [1.165, 1.54) is 18.9 Å². The molecule has 0 radical (unpaired) electrons. The fraction of sp³-hybridized carbons (Fsp3) is 0.545. The lowest BCUT2D eigenvalue weighted by Crippen LogP contribution is -2.46. The van der Waals surface area contributed by atoms with Gasteiger partial charge in [-0.3, -0.25) is 14.5 Å². The van der Waals surface area contributed by atoms with Crippen molar-refractivity contribution in [3.8, 4) is 0 Å². The largest absolute Gasteiger partial charge is 0.451 e. The van der Waals surface area contributed by atoms with E-state index < -0.39 is 0 Å². The summed E-state index contributed by atoms with van der Waals surface area (Å²) in [5.41, 5.74) is 0.310. The smallest absolute Gasteiger partial charge is 0.289 e. The molecule has 1 aromatic heterocycles. The van der Waals surface area contributed by atoms with Crippen LogP contribution < -0.4 is 5.43 Å². The molecule has 0 unspecified atom stereocenters. The average molecular weight is 368 g/mol. The highest BCUT2D eigenvalue weighted by Gasteiger charge is 2.34. The summed E-state index contributed by atoms with van der Waals surface area (Å²) in [6.45, 7) is 8.05. The minimum absolute atomic E-state index is 0.150. The molecule has 27 heavy (non-hydrogen) atoms. The van der Waals surface area contributed by atoms with Crippen LogP contribution in [0.25, 0.3) is 11.0 Å². The SMILES string of the molecule is CC(C)[C@H]1CN(C(=O)c2cc(=O)c3ccccc3o2)CCCN1CC1CC1. The van der Waals surface area contributed by atoms with Crippen LogP contribution in [-0.4, -0.2) is 47.9 Å². The van der Waals surface area contributed by atoms with E-state index in [2.05, 4.69) is 18.7 Å². The van der Waals surface area contributed by atoms with Crippen LogP contribution >= 0.6 is 0 Å². The van der Waals surface area contributed by atoms with Crippen molar-refractivity contribution in [2.24, 2.45) is 11.8 Å². The van der Waals surface area contributed by atoms with Crippen LogP contribution in [0.2, 0.25) is 0 Å². The second-order valence-electron chi connectivity index (χ2n) is 8.33. The van der Waals surface area contributed by atoms with Crippen LogP contribution in [0, 0.1) is 11.8 Å². The molecule has 2 fully saturated rings. The number of carbonyl (C=O) groups is 1. The quantitative estimate of drug-likeness (QED) is 0.830. The first-order valence-corrected chi connectivity index (χ1v) is 10.1. The highest BCUT2D eigenvalue weighted by molar-refractivity contribution is 5.93. The van der Waals surface area contributed by atoms with Crippen molar-refractivity contribution in [2.75, 3.05) is 26.2 Å². The van der Waals surface area contributed by atoms with Crippen molar-refractivity contribution < 1.29 is 9.21 Å². The molecule has 0 N–H and O–H groups in total. The Labute approximate surface area is 159 Å². The van der Waals surface area contributed by atoms with Gasteiger partial charge in [-0.05, 0) is 43.2 Å². The average Bonchev–Trinajstić information content (AvgIpc) is 3.48. The number of hydrogen-bond acceptors (Lipinski definition) is 4. The summed E-state index contributed by atoms with van der Waals surface area (Å²) < 4.78 is 5.79. The zero-order valence-electron chi connectivity index (χ0n) is 16.2. The van der Waals surface area contributed by atoms with Crippen molar-refractivity contribution in [3.63, 3.8) is 0 Å². The molecule has 0 spiro atoms. The molecule has 0 bridgehead atoms. The maximum Gasteiger partial charge on any atom is 0.289 e. The molecule has 1 amide bonds. The number of amides is 1. The second kappa shape index (κ2) is 7.47. The molecule has 144 valence electrons. The van der Waals surface area contributed by atoms with E-state index in [0.29, 0.717) is 36.0 Å². The second-order valence-corrected chi connectivity index (χ2v) is 8.33. The van der Waals surface area contributed by atoms with Crippen LogP contribution in [0.1, 0.15) is 43.7 Å². The van der Waals surface area contributed by atoms with Crippen molar-refractivity contribution in [1.82, 2.24) is 9.80 Å². The molecule has 2 heterocycles. The highest BCUT2D eigenvalue weighted by Crippen LogP contribution is 2.32. The van der Waals surface area contributed by atoms with Gasteiger partial charge in [-0.25, -0.2) is 0 Å². The molecule has 1 aliphatic carbocycles. The lowest BCUT2D eigenvalue weighted by atomic mass is 10.0. The number of para-hydroxylation sites is 1. The van der Waals surface area contributed by atoms with Gasteiger partial charge >= 0.3 is 0 Å². The lowest BCUT2D eigenvalue weighted by Gasteiger charge is -2.34. The number of fused-ring (bicyclic) bond motifs is 1. The van der Waals surface area contributed by atoms with Crippen molar-refractivity contribution in [3.05, 3.63) is 46.3 Å². The summed E-state index contributed by atoms with van der Waals surface area (Å²) in [7, 11) is 0. The van der Waals surface area contributed by atoms with Gasteiger partial charge in [-0.15, -0.1) is 0 Å². The summed E-state index contributed by atoms with van der Waals surface area (Å²) in [6.07, 6.45) is 3.64. The fourth-order valence-corrected chi connectivity index (χ4v) is 4.10. The van der Waals surface area contributed by atoms with Gasteiger partial charge in [0.2, 0.25) is 0 Å². The minimum Gasteiger partial charge on any atom is -0.451 e.